The number of likely N-dealkylation sites (N-methyl/N-ethyl adjacent to an activating group) is 1. The molecule has 16 heteroatoms. The molecule has 434 valence electrons. The number of benzene rings is 4. The number of amides is 2. The van der Waals surface area contributed by atoms with Gasteiger partial charge in [0.05, 0.1) is 12.3 Å². The zero-order valence-corrected chi connectivity index (χ0v) is 49.5. The predicted octanol–water partition coefficient (Wildman–Crippen LogP) is 9.60. The first-order chi connectivity index (χ1) is 38.8. The number of hydrogen-bond acceptors (Lipinski definition) is 14. The largest absolute Gasteiger partial charge is 0.493 e. The smallest absolute Gasteiger partial charge is 0.360 e. The summed E-state index contributed by atoms with van der Waals surface area (Å²) in [5.41, 5.74) is 7.55. The average molecular weight is 1110 g/mol. The highest BCUT2D eigenvalue weighted by molar-refractivity contribution is 6.05. The van der Waals surface area contributed by atoms with Crippen molar-refractivity contribution in [1.82, 2.24) is 24.9 Å². The van der Waals surface area contributed by atoms with Gasteiger partial charge < -0.3 is 63.4 Å². The standard InChI is InChI=1S/C65H84N6O10/c1-41(2)13-15-46-37-51(63(73)67-55-40-48-18-21-57(44(5)60(48)81-65(55)75)79-53-25-30-71(11)31-26-53)38-50(61(46)77-34-32-69(8)9)35-42(3)14-16-45-36-49(19-22-58(45)76-33-12-27-68(6)7)62(72)66-54-39-47-17-20-56(43(4)59(47)80-64(54)74)78-52-23-28-70(10)29-24-52/h13-14,17-22,36-40,52-53,64,74H,12,15-16,23-35H2,1-11H3,(H,66,72)(H,67,73). The van der Waals surface area contributed by atoms with Gasteiger partial charge >= 0.3 is 5.63 Å². The highest BCUT2D eigenvalue weighted by atomic mass is 16.6. The number of fused-ring (bicyclic) bond motifs is 2. The first kappa shape index (κ1) is 60.2. The van der Waals surface area contributed by atoms with E-state index in [2.05, 4.69) is 56.5 Å². The Morgan fingerprint density at radius 3 is 1.98 bits per heavy atom. The van der Waals surface area contributed by atoms with E-state index in [9.17, 15) is 19.5 Å². The van der Waals surface area contributed by atoms with E-state index in [1.807, 2.05) is 111 Å². The Kier molecular flexibility index (Phi) is 20.6. The van der Waals surface area contributed by atoms with Crippen molar-refractivity contribution in [3.8, 4) is 28.7 Å². The van der Waals surface area contributed by atoms with E-state index in [-0.39, 0.29) is 23.6 Å². The third kappa shape index (κ3) is 16.2. The third-order valence-corrected chi connectivity index (χ3v) is 15.2. The van der Waals surface area contributed by atoms with Crippen LogP contribution in [0.4, 0.5) is 5.69 Å². The number of anilines is 1. The summed E-state index contributed by atoms with van der Waals surface area (Å²) in [5.74, 6) is 2.40. The molecule has 1 aromatic heterocycles. The number of aliphatic hydroxyl groups excluding tert-OH is 1. The van der Waals surface area contributed by atoms with Gasteiger partial charge in [0.2, 0.25) is 6.29 Å². The monoisotopic (exact) mass is 1110 g/mol. The van der Waals surface area contributed by atoms with Gasteiger partial charge in [0, 0.05) is 72.5 Å². The second-order valence-corrected chi connectivity index (χ2v) is 22.9. The molecule has 2 amide bonds. The Balaban J connectivity index is 1.04. The van der Waals surface area contributed by atoms with E-state index in [1.54, 1.807) is 18.2 Å². The minimum absolute atomic E-state index is 0.0318. The van der Waals surface area contributed by atoms with Gasteiger partial charge in [-0.2, -0.15) is 0 Å². The van der Waals surface area contributed by atoms with Crippen molar-refractivity contribution < 1.29 is 42.8 Å². The van der Waals surface area contributed by atoms with Crippen molar-refractivity contribution in [3.63, 3.8) is 0 Å². The molecule has 0 radical (unpaired) electrons. The van der Waals surface area contributed by atoms with Crippen molar-refractivity contribution in [2.75, 3.05) is 100 Å². The SMILES string of the molecule is CC(C)=CCc1cc(C(=O)Nc2cc3ccc(OC4CCN(C)CC4)c(C)c3oc2=O)cc(CC(C)=CCc2cc(C(=O)NC3=Cc4ccc(OC5CCN(C)CC5)c(C)c4OC3O)ccc2OCCCN(C)C)c1OCCN(C)C. The molecule has 3 aliphatic heterocycles. The van der Waals surface area contributed by atoms with Crippen LogP contribution in [0.1, 0.15) is 107 Å². The van der Waals surface area contributed by atoms with Gasteiger partial charge in [-0.25, -0.2) is 4.79 Å². The summed E-state index contributed by atoms with van der Waals surface area (Å²) >= 11 is 0. The molecule has 2 saturated heterocycles. The van der Waals surface area contributed by atoms with Gasteiger partial charge in [-0.3, -0.25) is 9.59 Å². The Labute approximate surface area is 478 Å². The number of aliphatic hydroxyl groups is 1. The topological polar surface area (TPSA) is 168 Å². The maximum Gasteiger partial charge on any atom is 0.360 e. The molecular weight excluding hydrogens is 1020 g/mol. The van der Waals surface area contributed by atoms with Crippen LogP contribution in [0.3, 0.4) is 0 Å². The second kappa shape index (κ2) is 27.7. The summed E-state index contributed by atoms with van der Waals surface area (Å²) in [5, 5.41) is 17.7. The summed E-state index contributed by atoms with van der Waals surface area (Å²) in [6.45, 7) is 16.2. The number of aryl methyl sites for hydroxylation is 1. The van der Waals surface area contributed by atoms with Gasteiger partial charge in [-0.05, 0) is 212 Å². The maximum absolute atomic E-state index is 14.4. The molecule has 4 heterocycles. The fourth-order valence-electron chi connectivity index (χ4n) is 10.3. The minimum Gasteiger partial charge on any atom is -0.493 e. The Bertz CT molecular complexity index is 3190. The van der Waals surface area contributed by atoms with E-state index >= 15 is 0 Å². The molecule has 2 fully saturated rings. The quantitative estimate of drug-likeness (QED) is 0.0321. The first-order valence-electron chi connectivity index (χ1n) is 28.5. The normalized spacial score (nSPS) is 16.4. The fourth-order valence-corrected chi connectivity index (χ4v) is 10.3. The van der Waals surface area contributed by atoms with Crippen LogP contribution in [-0.4, -0.2) is 150 Å². The molecule has 16 nitrogen and oxygen atoms in total. The molecule has 1 atom stereocenters. The molecule has 8 rings (SSSR count). The molecule has 3 aliphatic rings. The summed E-state index contributed by atoms with van der Waals surface area (Å²) in [6, 6.07) is 18.3. The van der Waals surface area contributed by atoms with Crippen molar-refractivity contribution in [3.05, 3.63) is 145 Å². The number of carbonyl (C=O) groups is 2. The number of allylic oxidation sites excluding steroid dienone is 4. The van der Waals surface area contributed by atoms with Crippen LogP contribution in [-0.2, 0) is 19.3 Å². The average Bonchev–Trinajstić information content (AvgIpc) is 3.63. The van der Waals surface area contributed by atoms with Crippen LogP contribution < -0.4 is 39.9 Å². The molecule has 0 aliphatic carbocycles. The summed E-state index contributed by atoms with van der Waals surface area (Å²) in [4.78, 5) is 50.9. The van der Waals surface area contributed by atoms with Crippen molar-refractivity contribution in [2.24, 2.45) is 0 Å². The molecule has 5 aromatic rings. The van der Waals surface area contributed by atoms with Crippen LogP contribution in [0.15, 0.2) is 98.9 Å². The van der Waals surface area contributed by atoms with Gasteiger partial charge in [0.25, 0.3) is 11.8 Å². The number of likely N-dealkylation sites (tertiary alicyclic amines) is 2. The lowest BCUT2D eigenvalue weighted by atomic mass is 9.95. The summed E-state index contributed by atoms with van der Waals surface area (Å²) in [7, 11) is 12.3. The van der Waals surface area contributed by atoms with E-state index < -0.39 is 23.7 Å². The fraction of sp³-hybridized carbons (Fsp3) is 0.462. The van der Waals surface area contributed by atoms with Crippen LogP contribution in [0.2, 0.25) is 0 Å². The number of ether oxygens (including phenoxy) is 5. The highest BCUT2D eigenvalue weighted by Gasteiger charge is 2.28. The van der Waals surface area contributed by atoms with Crippen LogP contribution in [0, 0.1) is 13.8 Å². The number of piperidine rings is 2. The molecule has 81 heavy (non-hydrogen) atoms. The van der Waals surface area contributed by atoms with Crippen molar-refractivity contribution in [2.45, 2.75) is 104 Å². The van der Waals surface area contributed by atoms with Crippen LogP contribution in [0.5, 0.6) is 28.7 Å². The lowest BCUT2D eigenvalue weighted by molar-refractivity contribution is 0.00666. The molecule has 0 saturated carbocycles. The number of hydrogen-bond donors (Lipinski definition) is 3. The molecule has 3 N–H and O–H groups in total. The van der Waals surface area contributed by atoms with Gasteiger partial charge in [0.1, 0.15) is 58.8 Å². The summed E-state index contributed by atoms with van der Waals surface area (Å²) < 4.78 is 37.7. The second-order valence-electron chi connectivity index (χ2n) is 22.9. The first-order valence-corrected chi connectivity index (χ1v) is 28.5. The molecule has 1 unspecified atom stereocenters. The van der Waals surface area contributed by atoms with E-state index in [4.69, 9.17) is 28.1 Å². The predicted molar refractivity (Wildman–Crippen MR) is 321 cm³/mol. The van der Waals surface area contributed by atoms with Crippen LogP contribution in [0.25, 0.3) is 17.0 Å². The lowest BCUT2D eigenvalue weighted by Gasteiger charge is -2.31. The highest BCUT2D eigenvalue weighted by Crippen LogP contribution is 2.38. The molecule has 0 spiro atoms. The maximum atomic E-state index is 14.4. The summed E-state index contributed by atoms with van der Waals surface area (Å²) in [6.07, 6.45) is 10.6. The van der Waals surface area contributed by atoms with Gasteiger partial charge in [0.15, 0.2) is 0 Å². The third-order valence-electron chi connectivity index (χ3n) is 15.2. The number of rotatable bonds is 23. The number of nitrogens with zero attached hydrogens (tertiary/aromatic N) is 4. The van der Waals surface area contributed by atoms with Crippen molar-refractivity contribution >= 4 is 34.5 Å². The van der Waals surface area contributed by atoms with E-state index in [0.717, 1.165) is 115 Å². The molecule has 0 bridgehead atoms. The van der Waals surface area contributed by atoms with Crippen molar-refractivity contribution in [1.29, 1.82) is 0 Å². The van der Waals surface area contributed by atoms with Gasteiger partial charge in [-0.15, -0.1) is 0 Å². The Morgan fingerprint density at radius 1 is 0.704 bits per heavy atom. The van der Waals surface area contributed by atoms with E-state index in [1.165, 1.54) is 0 Å². The zero-order chi connectivity index (χ0) is 57.9. The van der Waals surface area contributed by atoms with Crippen LogP contribution >= 0.6 is 0 Å². The number of carbonyl (C=O) groups excluding carboxylic acids is 2. The van der Waals surface area contributed by atoms with E-state index in [0.29, 0.717) is 84.1 Å². The lowest BCUT2D eigenvalue weighted by Crippen LogP contribution is -2.36. The van der Waals surface area contributed by atoms with Gasteiger partial charge in [-0.1, -0.05) is 23.3 Å². The Morgan fingerprint density at radius 2 is 1.31 bits per heavy atom. The minimum atomic E-state index is -1.40. The molecular formula is C65H84N6O10. The molecule has 4 aromatic carbocycles. The Hall–Kier alpha value is -6.95. The number of nitrogens with one attached hydrogen (secondary N) is 2. The zero-order valence-electron chi connectivity index (χ0n) is 49.5.